The van der Waals surface area contributed by atoms with E-state index >= 15 is 0 Å². The summed E-state index contributed by atoms with van der Waals surface area (Å²) in [5.74, 6) is -0.274. The number of aryl methyl sites for hydroxylation is 1. The molecular weight excluding hydrogens is 298 g/mol. The summed E-state index contributed by atoms with van der Waals surface area (Å²) in [6, 6.07) is 5.13. The van der Waals surface area contributed by atoms with Crippen molar-refractivity contribution in [2.75, 3.05) is 5.32 Å². The maximum Gasteiger partial charge on any atom is 0.257 e. The van der Waals surface area contributed by atoms with Crippen molar-refractivity contribution in [1.29, 1.82) is 0 Å². The lowest BCUT2D eigenvalue weighted by Crippen LogP contribution is -2.13. The summed E-state index contributed by atoms with van der Waals surface area (Å²) < 4.78 is 0. The molecule has 5 nitrogen and oxygen atoms in total. The molecule has 0 unspecified atom stereocenters. The van der Waals surface area contributed by atoms with E-state index in [2.05, 4.69) is 15.5 Å². The van der Waals surface area contributed by atoms with E-state index < -0.39 is 0 Å². The molecule has 2 N–H and O–H groups in total. The highest BCUT2D eigenvalue weighted by Gasteiger charge is 2.12. The lowest BCUT2D eigenvalue weighted by atomic mass is 10.1. The second kappa shape index (κ2) is 6.02. The highest BCUT2D eigenvalue weighted by molar-refractivity contribution is 7.14. The van der Waals surface area contributed by atoms with Gasteiger partial charge in [0.25, 0.3) is 5.91 Å². The lowest BCUT2D eigenvalue weighted by Gasteiger charge is -2.05. The number of thiazole rings is 1. The molecule has 1 amide bonds. The minimum atomic E-state index is -0.274. The van der Waals surface area contributed by atoms with Crippen molar-refractivity contribution < 1.29 is 10.0 Å². The molecule has 0 aliphatic rings. The number of benzene rings is 1. The van der Waals surface area contributed by atoms with Crippen molar-refractivity contribution in [2.45, 2.75) is 13.8 Å². The van der Waals surface area contributed by atoms with Crippen LogP contribution < -0.4 is 5.32 Å². The molecule has 0 fully saturated rings. The lowest BCUT2D eigenvalue weighted by molar-refractivity contribution is 0.102. The largest absolute Gasteiger partial charge is 0.411 e. The van der Waals surface area contributed by atoms with Crippen molar-refractivity contribution >= 4 is 39.7 Å². The predicted molar refractivity (Wildman–Crippen MR) is 80.3 cm³/mol. The third-order valence-electron chi connectivity index (χ3n) is 2.69. The molecule has 2 aromatic rings. The molecule has 1 aromatic heterocycles. The Balaban J connectivity index is 2.19. The highest BCUT2D eigenvalue weighted by atomic mass is 35.5. The van der Waals surface area contributed by atoms with Crippen LogP contribution in [-0.4, -0.2) is 21.8 Å². The SMILES string of the molecule is C/C(=N/O)c1csc(NC(=O)c2cc(Cl)ccc2C)n1. The predicted octanol–water partition coefficient (Wildman–Crippen LogP) is 3.56. The number of carbonyl (C=O) groups excluding carboxylic acids is 1. The van der Waals surface area contributed by atoms with Gasteiger partial charge < -0.3 is 5.21 Å². The van der Waals surface area contributed by atoms with E-state index in [9.17, 15) is 4.79 Å². The minimum absolute atomic E-state index is 0.274. The van der Waals surface area contributed by atoms with E-state index in [-0.39, 0.29) is 5.91 Å². The zero-order valence-corrected chi connectivity index (χ0v) is 12.4. The van der Waals surface area contributed by atoms with E-state index in [1.807, 2.05) is 6.92 Å². The van der Waals surface area contributed by atoms with E-state index in [0.29, 0.717) is 27.1 Å². The molecule has 0 aliphatic heterocycles. The van der Waals surface area contributed by atoms with Crippen molar-refractivity contribution in [3.8, 4) is 0 Å². The standard InChI is InChI=1S/C13H12ClN3O2S/c1-7-3-4-9(14)5-10(7)12(18)16-13-15-11(6-20-13)8(2)17-19/h3-6,19H,1-2H3,(H,15,16,18)/b17-8-. The quantitative estimate of drug-likeness (QED) is 0.517. The molecule has 20 heavy (non-hydrogen) atoms. The molecule has 0 spiro atoms. The van der Waals surface area contributed by atoms with Crippen LogP contribution in [0.25, 0.3) is 0 Å². The van der Waals surface area contributed by atoms with Gasteiger partial charge >= 0.3 is 0 Å². The monoisotopic (exact) mass is 309 g/mol. The number of aromatic nitrogens is 1. The smallest absolute Gasteiger partial charge is 0.257 e. The first kappa shape index (κ1) is 14.5. The maximum absolute atomic E-state index is 12.2. The number of nitrogens with one attached hydrogen (secondary N) is 1. The molecule has 0 radical (unpaired) electrons. The van der Waals surface area contributed by atoms with E-state index in [0.717, 1.165) is 5.56 Å². The molecular formula is C13H12ClN3O2S. The zero-order chi connectivity index (χ0) is 14.7. The van der Waals surface area contributed by atoms with Crippen LogP contribution in [-0.2, 0) is 0 Å². The van der Waals surface area contributed by atoms with Crippen LogP contribution in [0.3, 0.4) is 0 Å². The number of rotatable bonds is 3. The zero-order valence-electron chi connectivity index (χ0n) is 10.8. The molecule has 2 rings (SSSR count). The Labute approximate surface area is 124 Å². The van der Waals surface area contributed by atoms with Gasteiger partial charge in [0.05, 0.1) is 0 Å². The van der Waals surface area contributed by atoms with Gasteiger partial charge in [-0.3, -0.25) is 10.1 Å². The van der Waals surface area contributed by atoms with Crippen LogP contribution in [0.1, 0.15) is 28.5 Å². The molecule has 1 aromatic carbocycles. The number of amides is 1. The molecule has 1 heterocycles. The van der Waals surface area contributed by atoms with Gasteiger partial charge in [-0.25, -0.2) is 4.98 Å². The summed E-state index contributed by atoms with van der Waals surface area (Å²) in [5, 5.41) is 17.1. The van der Waals surface area contributed by atoms with Gasteiger partial charge in [-0.05, 0) is 31.5 Å². The first-order valence-corrected chi connectivity index (χ1v) is 6.99. The van der Waals surface area contributed by atoms with E-state index in [1.54, 1.807) is 30.5 Å². The van der Waals surface area contributed by atoms with Gasteiger partial charge in [0, 0.05) is 16.0 Å². The topological polar surface area (TPSA) is 74.6 Å². The average Bonchev–Trinajstić information content (AvgIpc) is 2.89. The van der Waals surface area contributed by atoms with Gasteiger partial charge in [-0.15, -0.1) is 11.3 Å². The highest BCUT2D eigenvalue weighted by Crippen LogP contribution is 2.20. The first-order chi connectivity index (χ1) is 9.51. The number of hydrogen-bond donors (Lipinski definition) is 2. The van der Waals surface area contributed by atoms with Crippen LogP contribution in [0.15, 0.2) is 28.7 Å². The number of carbonyl (C=O) groups is 1. The molecule has 0 atom stereocenters. The van der Waals surface area contributed by atoms with Crippen molar-refractivity contribution in [2.24, 2.45) is 5.16 Å². The normalized spacial score (nSPS) is 11.4. The van der Waals surface area contributed by atoms with E-state index in [1.165, 1.54) is 11.3 Å². The van der Waals surface area contributed by atoms with Gasteiger partial charge in [-0.2, -0.15) is 0 Å². The summed E-state index contributed by atoms with van der Waals surface area (Å²) in [6.45, 7) is 3.46. The van der Waals surface area contributed by atoms with Gasteiger partial charge in [0.2, 0.25) is 0 Å². The number of nitrogens with zero attached hydrogens (tertiary/aromatic N) is 2. The van der Waals surface area contributed by atoms with Crippen molar-refractivity contribution in [1.82, 2.24) is 4.98 Å². The molecule has 7 heteroatoms. The Morgan fingerprint density at radius 3 is 2.95 bits per heavy atom. The Morgan fingerprint density at radius 2 is 2.25 bits per heavy atom. The summed E-state index contributed by atoms with van der Waals surface area (Å²) in [6.07, 6.45) is 0. The molecule has 0 aliphatic carbocycles. The molecule has 104 valence electrons. The molecule has 0 saturated carbocycles. The third-order valence-corrected chi connectivity index (χ3v) is 3.68. The number of hydrogen-bond acceptors (Lipinski definition) is 5. The summed E-state index contributed by atoms with van der Waals surface area (Å²) >= 11 is 7.15. The van der Waals surface area contributed by atoms with Crippen LogP contribution >= 0.6 is 22.9 Å². The Morgan fingerprint density at radius 1 is 1.50 bits per heavy atom. The molecule has 0 saturated heterocycles. The third kappa shape index (κ3) is 3.15. The Bertz CT molecular complexity index is 682. The average molecular weight is 310 g/mol. The summed E-state index contributed by atoms with van der Waals surface area (Å²) in [7, 11) is 0. The summed E-state index contributed by atoms with van der Waals surface area (Å²) in [4.78, 5) is 16.3. The fourth-order valence-electron chi connectivity index (χ4n) is 1.55. The van der Waals surface area contributed by atoms with Crippen molar-refractivity contribution in [3.63, 3.8) is 0 Å². The number of oxime groups is 1. The second-order valence-corrected chi connectivity index (χ2v) is 5.43. The first-order valence-electron chi connectivity index (χ1n) is 5.73. The van der Waals surface area contributed by atoms with Crippen LogP contribution in [0.4, 0.5) is 5.13 Å². The minimum Gasteiger partial charge on any atom is -0.411 e. The number of halogens is 1. The van der Waals surface area contributed by atoms with Crippen LogP contribution in [0.2, 0.25) is 5.02 Å². The fraction of sp³-hybridized carbons (Fsp3) is 0.154. The second-order valence-electron chi connectivity index (χ2n) is 4.14. The Kier molecular flexibility index (Phi) is 4.36. The summed E-state index contributed by atoms with van der Waals surface area (Å²) in [5.41, 5.74) is 2.25. The fourth-order valence-corrected chi connectivity index (χ4v) is 2.47. The van der Waals surface area contributed by atoms with Gasteiger partial charge in [0.15, 0.2) is 5.13 Å². The van der Waals surface area contributed by atoms with Crippen LogP contribution in [0.5, 0.6) is 0 Å². The van der Waals surface area contributed by atoms with E-state index in [4.69, 9.17) is 16.8 Å². The number of anilines is 1. The Hall–Kier alpha value is -1.92. The maximum atomic E-state index is 12.2. The van der Waals surface area contributed by atoms with Gasteiger partial charge in [0.1, 0.15) is 11.4 Å². The molecule has 0 bridgehead atoms. The van der Waals surface area contributed by atoms with Crippen molar-refractivity contribution in [3.05, 3.63) is 45.4 Å². The van der Waals surface area contributed by atoms with Crippen LogP contribution in [0, 0.1) is 6.92 Å². The van der Waals surface area contributed by atoms with Gasteiger partial charge in [-0.1, -0.05) is 22.8 Å².